The maximum atomic E-state index is 14.0. The quantitative estimate of drug-likeness (QED) is 0.225. The lowest BCUT2D eigenvalue weighted by molar-refractivity contribution is 0.0511. The highest BCUT2D eigenvalue weighted by molar-refractivity contribution is 14.0. The number of nitrogens with one attached hydrogen (secondary N) is 1. The van der Waals surface area contributed by atoms with Crippen LogP contribution in [0.25, 0.3) is 0 Å². The minimum absolute atomic E-state index is 0. The third-order valence-corrected chi connectivity index (χ3v) is 7.74. The topological polar surface area (TPSA) is 36.9 Å². The van der Waals surface area contributed by atoms with E-state index in [0.29, 0.717) is 19.1 Å². The van der Waals surface area contributed by atoms with Crippen molar-refractivity contribution >= 4 is 41.7 Å². The molecule has 2 aliphatic rings. The molecule has 7 heteroatoms. The Bertz CT molecular complexity index is 877. The van der Waals surface area contributed by atoms with Gasteiger partial charge in [-0.1, -0.05) is 30.3 Å². The Hall–Kier alpha value is -1.32. The number of guanidine groups is 1. The third kappa shape index (κ3) is 6.38. The third-order valence-electron chi connectivity index (χ3n) is 6.50. The highest BCUT2D eigenvalue weighted by Gasteiger charge is 2.35. The van der Waals surface area contributed by atoms with Crippen molar-refractivity contribution in [3.05, 3.63) is 66.0 Å². The van der Waals surface area contributed by atoms with E-state index >= 15 is 0 Å². The van der Waals surface area contributed by atoms with Gasteiger partial charge in [-0.3, -0.25) is 4.99 Å². The molecule has 4 rings (SSSR count). The van der Waals surface area contributed by atoms with Crippen LogP contribution >= 0.6 is 35.7 Å². The molecule has 1 atom stereocenters. The van der Waals surface area contributed by atoms with Crippen LogP contribution in [-0.2, 0) is 10.2 Å². The Balaban J connectivity index is 0.00000289. The molecule has 2 aromatic rings. The average Bonchev–Trinajstić information content (AvgIpc) is 3.28. The van der Waals surface area contributed by atoms with Crippen molar-refractivity contribution in [2.45, 2.75) is 29.6 Å². The van der Waals surface area contributed by atoms with Crippen molar-refractivity contribution in [1.82, 2.24) is 10.2 Å². The first-order chi connectivity index (χ1) is 15.2. The van der Waals surface area contributed by atoms with Gasteiger partial charge in [0.05, 0.1) is 0 Å². The minimum atomic E-state index is -0.175. The van der Waals surface area contributed by atoms with Crippen molar-refractivity contribution in [2.75, 3.05) is 45.6 Å². The lowest BCUT2D eigenvalue weighted by atomic mass is 9.74. The SMILES string of the molecule is CN=C(NCC1(c2cccc(F)c2)CCOCC1)N1CCC(CSc2ccccc2)C1.I. The molecule has 0 radical (unpaired) electrons. The molecule has 2 heterocycles. The molecule has 4 nitrogen and oxygen atoms in total. The maximum Gasteiger partial charge on any atom is 0.193 e. The van der Waals surface area contributed by atoms with E-state index in [-0.39, 0.29) is 35.2 Å². The fourth-order valence-electron chi connectivity index (χ4n) is 4.62. The van der Waals surface area contributed by atoms with Gasteiger partial charge in [0.1, 0.15) is 5.82 Å². The first-order valence-electron chi connectivity index (χ1n) is 11.2. The molecule has 0 saturated carbocycles. The van der Waals surface area contributed by atoms with Gasteiger partial charge >= 0.3 is 0 Å². The van der Waals surface area contributed by atoms with Gasteiger partial charge in [0.2, 0.25) is 0 Å². The van der Waals surface area contributed by atoms with Crippen LogP contribution in [0, 0.1) is 11.7 Å². The van der Waals surface area contributed by atoms with E-state index in [0.717, 1.165) is 49.8 Å². The summed E-state index contributed by atoms with van der Waals surface area (Å²) in [6.45, 7) is 4.20. The zero-order valence-electron chi connectivity index (χ0n) is 18.6. The number of hydrogen-bond donors (Lipinski definition) is 1. The molecule has 32 heavy (non-hydrogen) atoms. The second-order valence-electron chi connectivity index (χ2n) is 8.53. The van der Waals surface area contributed by atoms with Crippen LogP contribution in [0.3, 0.4) is 0 Å². The molecule has 0 amide bonds. The lowest BCUT2D eigenvalue weighted by Crippen LogP contribution is -2.49. The summed E-state index contributed by atoms with van der Waals surface area (Å²) in [6.07, 6.45) is 2.96. The monoisotopic (exact) mass is 569 g/mol. The van der Waals surface area contributed by atoms with Gasteiger partial charge in [-0.25, -0.2) is 4.39 Å². The van der Waals surface area contributed by atoms with Crippen LogP contribution in [0.4, 0.5) is 4.39 Å². The summed E-state index contributed by atoms with van der Waals surface area (Å²) in [5.41, 5.74) is 0.927. The Labute approximate surface area is 212 Å². The van der Waals surface area contributed by atoms with E-state index in [1.54, 1.807) is 6.07 Å². The van der Waals surface area contributed by atoms with E-state index in [2.05, 4.69) is 45.5 Å². The standard InChI is InChI=1S/C25H32FN3OS.HI/c1-27-24(29-13-10-20(17-29)18-31-23-8-3-2-4-9-23)28-19-25(11-14-30-15-12-25)21-6-5-7-22(26)16-21;/h2-9,16,20H,10-15,17-19H2,1H3,(H,27,28);1H. The Morgan fingerprint density at radius 3 is 2.69 bits per heavy atom. The van der Waals surface area contributed by atoms with Crippen molar-refractivity contribution in [2.24, 2.45) is 10.9 Å². The average molecular weight is 570 g/mol. The molecule has 2 fully saturated rings. The molecule has 0 aliphatic carbocycles. The molecule has 0 aromatic heterocycles. The second kappa shape index (κ2) is 12.2. The summed E-state index contributed by atoms with van der Waals surface area (Å²) in [4.78, 5) is 8.27. The Kier molecular flexibility index (Phi) is 9.67. The molecule has 2 aliphatic heterocycles. The van der Waals surface area contributed by atoms with Gasteiger partial charge in [-0.15, -0.1) is 35.7 Å². The van der Waals surface area contributed by atoms with Crippen LogP contribution in [0.5, 0.6) is 0 Å². The Morgan fingerprint density at radius 1 is 1.19 bits per heavy atom. The van der Waals surface area contributed by atoms with E-state index in [1.807, 2.05) is 30.9 Å². The van der Waals surface area contributed by atoms with Crippen molar-refractivity contribution < 1.29 is 9.13 Å². The van der Waals surface area contributed by atoms with E-state index < -0.39 is 0 Å². The molecular weight excluding hydrogens is 536 g/mol. The summed E-state index contributed by atoms with van der Waals surface area (Å²) in [5, 5.41) is 3.63. The van der Waals surface area contributed by atoms with Gasteiger partial charge in [0.25, 0.3) is 0 Å². The maximum absolute atomic E-state index is 14.0. The van der Waals surface area contributed by atoms with Crippen molar-refractivity contribution in [3.63, 3.8) is 0 Å². The number of halogens is 2. The molecule has 2 aromatic carbocycles. The first-order valence-corrected chi connectivity index (χ1v) is 12.1. The highest BCUT2D eigenvalue weighted by atomic mass is 127. The number of likely N-dealkylation sites (tertiary alicyclic amines) is 1. The largest absolute Gasteiger partial charge is 0.381 e. The van der Waals surface area contributed by atoms with Gasteiger partial charge in [-0.05, 0) is 55.0 Å². The van der Waals surface area contributed by atoms with Crippen LogP contribution in [0.2, 0.25) is 0 Å². The Morgan fingerprint density at radius 2 is 1.97 bits per heavy atom. The molecule has 174 valence electrons. The van der Waals surface area contributed by atoms with Crippen LogP contribution in [0.15, 0.2) is 64.5 Å². The number of hydrogen-bond acceptors (Lipinski definition) is 3. The summed E-state index contributed by atoms with van der Waals surface area (Å²) >= 11 is 1.94. The zero-order valence-corrected chi connectivity index (χ0v) is 21.8. The van der Waals surface area contributed by atoms with Crippen molar-refractivity contribution in [1.29, 1.82) is 0 Å². The summed E-state index contributed by atoms with van der Waals surface area (Å²) in [5.74, 6) is 2.56. The van der Waals surface area contributed by atoms with Gasteiger partial charge in [0.15, 0.2) is 5.96 Å². The molecular formula is C25H33FIN3OS. The predicted molar refractivity (Wildman–Crippen MR) is 142 cm³/mol. The van der Waals surface area contributed by atoms with Crippen LogP contribution < -0.4 is 5.32 Å². The smallest absolute Gasteiger partial charge is 0.193 e. The number of rotatable bonds is 6. The number of aliphatic imine (C=N–C) groups is 1. The fraction of sp³-hybridized carbons (Fsp3) is 0.480. The normalized spacial score (nSPS) is 20.6. The van der Waals surface area contributed by atoms with Gasteiger partial charge in [0, 0.05) is 56.0 Å². The molecule has 0 spiro atoms. The molecule has 1 unspecified atom stereocenters. The summed E-state index contributed by atoms with van der Waals surface area (Å²) in [6, 6.07) is 17.7. The fourth-order valence-corrected chi connectivity index (χ4v) is 5.67. The van der Waals surface area contributed by atoms with E-state index in [4.69, 9.17) is 4.74 Å². The predicted octanol–water partition coefficient (Wildman–Crippen LogP) is 5.18. The number of thioether (sulfide) groups is 1. The zero-order chi connectivity index (χ0) is 21.5. The summed E-state index contributed by atoms with van der Waals surface area (Å²) in [7, 11) is 1.85. The first kappa shape index (κ1) is 25.3. The second-order valence-corrected chi connectivity index (χ2v) is 9.62. The molecule has 2 saturated heterocycles. The van der Waals surface area contributed by atoms with Crippen molar-refractivity contribution in [3.8, 4) is 0 Å². The number of ether oxygens (including phenoxy) is 1. The van der Waals surface area contributed by atoms with Crippen LogP contribution in [-0.4, -0.2) is 56.5 Å². The minimum Gasteiger partial charge on any atom is -0.381 e. The molecule has 0 bridgehead atoms. The van der Waals surface area contributed by atoms with E-state index in [9.17, 15) is 4.39 Å². The highest BCUT2D eigenvalue weighted by Crippen LogP contribution is 2.35. The van der Waals surface area contributed by atoms with Crippen LogP contribution in [0.1, 0.15) is 24.8 Å². The van der Waals surface area contributed by atoms with E-state index in [1.165, 1.54) is 17.4 Å². The van der Waals surface area contributed by atoms with Gasteiger partial charge in [-0.2, -0.15) is 0 Å². The lowest BCUT2D eigenvalue weighted by Gasteiger charge is -2.39. The van der Waals surface area contributed by atoms with Gasteiger partial charge < -0.3 is 15.0 Å². The number of benzene rings is 2. The summed E-state index contributed by atoms with van der Waals surface area (Å²) < 4.78 is 19.6. The number of nitrogens with zero attached hydrogens (tertiary/aromatic N) is 2. The molecule has 1 N–H and O–H groups in total.